The van der Waals surface area contributed by atoms with E-state index in [1.807, 2.05) is 19.1 Å². The first-order chi connectivity index (χ1) is 11.0. The average molecular weight is 362 g/mol. The molecule has 0 unspecified atom stereocenters. The lowest BCUT2D eigenvalue weighted by molar-refractivity contribution is -0.113. The molecule has 0 atom stereocenters. The third-order valence-electron chi connectivity index (χ3n) is 3.48. The summed E-state index contributed by atoms with van der Waals surface area (Å²) in [6.07, 6.45) is 0. The van der Waals surface area contributed by atoms with Crippen molar-refractivity contribution >= 4 is 57.1 Å². The summed E-state index contributed by atoms with van der Waals surface area (Å²) in [5.41, 5.74) is 2.33. The number of hydrogen-bond acceptors (Lipinski definition) is 4. The number of carbonyl (C=O) groups is 1. The van der Waals surface area contributed by atoms with Crippen LogP contribution >= 0.6 is 35.6 Å². The van der Waals surface area contributed by atoms with Crippen molar-refractivity contribution in [1.29, 1.82) is 0 Å². The van der Waals surface area contributed by atoms with Crippen molar-refractivity contribution in [3.05, 3.63) is 64.0 Å². The molecule has 0 bridgehead atoms. The number of rotatable bonds is 2. The van der Waals surface area contributed by atoms with E-state index < -0.39 is 0 Å². The Labute approximate surface area is 148 Å². The Morgan fingerprint density at radius 2 is 1.91 bits per heavy atom. The highest BCUT2D eigenvalue weighted by Gasteiger charge is 2.35. The zero-order chi connectivity index (χ0) is 16.6. The molecule has 0 spiro atoms. The first-order valence-electron chi connectivity index (χ1n) is 6.79. The number of thiocarbonyl (C=S) groups is 1. The summed E-state index contributed by atoms with van der Waals surface area (Å²) >= 11 is 12.5. The van der Waals surface area contributed by atoms with Gasteiger partial charge in [0.1, 0.15) is 5.75 Å². The highest BCUT2D eigenvalue weighted by molar-refractivity contribution is 8.27. The average Bonchev–Trinajstić information content (AvgIpc) is 2.82. The lowest BCUT2D eigenvalue weighted by Gasteiger charge is -2.14. The lowest BCUT2D eigenvalue weighted by atomic mass is 10.1. The Bertz CT molecular complexity index is 831. The molecule has 6 heteroatoms. The summed E-state index contributed by atoms with van der Waals surface area (Å²) in [6, 6.07) is 13.8. The number of allylic oxidation sites excluding steroid dienone is 1. The van der Waals surface area contributed by atoms with E-state index in [4.69, 9.17) is 23.8 Å². The molecule has 116 valence electrons. The lowest BCUT2D eigenvalue weighted by Crippen LogP contribution is -2.27. The minimum Gasteiger partial charge on any atom is -0.508 e. The third kappa shape index (κ3) is 3.13. The van der Waals surface area contributed by atoms with E-state index in [1.165, 1.54) is 22.7 Å². The van der Waals surface area contributed by atoms with Gasteiger partial charge in [0.05, 0.1) is 10.6 Å². The molecule has 0 aromatic heterocycles. The van der Waals surface area contributed by atoms with Crippen molar-refractivity contribution in [2.75, 3.05) is 4.90 Å². The molecule has 1 aliphatic rings. The zero-order valence-electron chi connectivity index (χ0n) is 12.1. The molecule has 1 amide bonds. The molecule has 1 aliphatic heterocycles. The standard InChI is InChI=1S/C17H12ClNO2S2/c1-10(11-5-7-12(18)8-6-11)15-16(21)19(17(22)23-15)13-3-2-4-14(20)9-13/h2-9,20H,1H3/b15-10+. The van der Waals surface area contributed by atoms with Crippen LogP contribution in [0.2, 0.25) is 5.02 Å². The fourth-order valence-electron chi connectivity index (χ4n) is 2.28. The highest BCUT2D eigenvalue weighted by Crippen LogP contribution is 2.39. The Hall–Kier alpha value is -1.82. The molecule has 2 aromatic rings. The van der Waals surface area contributed by atoms with Gasteiger partial charge in [-0.25, -0.2) is 0 Å². The number of hydrogen-bond donors (Lipinski definition) is 1. The van der Waals surface area contributed by atoms with Gasteiger partial charge in [0.2, 0.25) is 0 Å². The first-order valence-corrected chi connectivity index (χ1v) is 8.40. The van der Waals surface area contributed by atoms with Crippen LogP contribution in [0.25, 0.3) is 5.57 Å². The van der Waals surface area contributed by atoms with Gasteiger partial charge < -0.3 is 5.11 Å². The van der Waals surface area contributed by atoms with Gasteiger partial charge in [0, 0.05) is 11.1 Å². The van der Waals surface area contributed by atoms with E-state index in [-0.39, 0.29) is 11.7 Å². The maximum absolute atomic E-state index is 12.8. The van der Waals surface area contributed by atoms with Gasteiger partial charge in [-0.3, -0.25) is 9.69 Å². The van der Waals surface area contributed by atoms with Gasteiger partial charge in [-0.1, -0.05) is 53.8 Å². The summed E-state index contributed by atoms with van der Waals surface area (Å²) in [6.45, 7) is 1.89. The Morgan fingerprint density at radius 1 is 1.22 bits per heavy atom. The van der Waals surface area contributed by atoms with Crippen molar-refractivity contribution in [3.63, 3.8) is 0 Å². The van der Waals surface area contributed by atoms with Crippen molar-refractivity contribution in [3.8, 4) is 5.75 Å². The van der Waals surface area contributed by atoms with Crippen molar-refractivity contribution in [1.82, 2.24) is 0 Å². The second-order valence-corrected chi connectivity index (χ2v) is 7.07. The molecular formula is C17H12ClNO2S2. The van der Waals surface area contributed by atoms with Gasteiger partial charge in [0.15, 0.2) is 4.32 Å². The van der Waals surface area contributed by atoms with E-state index in [2.05, 4.69) is 0 Å². The molecular weight excluding hydrogens is 350 g/mol. The molecule has 1 heterocycles. The van der Waals surface area contributed by atoms with Gasteiger partial charge >= 0.3 is 0 Å². The number of nitrogens with zero attached hydrogens (tertiary/aromatic N) is 1. The Balaban J connectivity index is 2.00. The summed E-state index contributed by atoms with van der Waals surface area (Å²) in [4.78, 5) is 14.8. The molecule has 3 nitrogen and oxygen atoms in total. The van der Waals surface area contributed by atoms with E-state index in [1.54, 1.807) is 30.3 Å². The van der Waals surface area contributed by atoms with Crippen LogP contribution < -0.4 is 4.90 Å². The summed E-state index contributed by atoms with van der Waals surface area (Å²) in [5.74, 6) is -0.0898. The molecule has 1 saturated heterocycles. The first kappa shape index (κ1) is 16.1. The molecule has 1 N–H and O–H groups in total. The number of halogens is 1. The fourth-order valence-corrected chi connectivity index (χ4v) is 3.75. The predicted octanol–water partition coefficient (Wildman–Crippen LogP) is 4.84. The molecule has 0 saturated carbocycles. The normalized spacial score (nSPS) is 16.9. The van der Waals surface area contributed by atoms with Crippen molar-refractivity contribution < 1.29 is 9.90 Å². The predicted molar refractivity (Wildman–Crippen MR) is 99.8 cm³/mol. The quantitative estimate of drug-likeness (QED) is 0.613. The second kappa shape index (κ2) is 6.35. The number of phenols is 1. The van der Waals surface area contributed by atoms with Gasteiger partial charge in [0.25, 0.3) is 5.91 Å². The minimum absolute atomic E-state index is 0.0925. The van der Waals surface area contributed by atoms with Crippen LogP contribution in [0.4, 0.5) is 5.69 Å². The molecule has 0 radical (unpaired) electrons. The number of phenolic OH excluding ortho intramolecular Hbond substituents is 1. The third-order valence-corrected chi connectivity index (χ3v) is 5.20. The molecule has 0 aliphatic carbocycles. The van der Waals surface area contributed by atoms with E-state index in [0.29, 0.717) is 19.9 Å². The number of thioether (sulfide) groups is 1. The van der Waals surface area contributed by atoms with Gasteiger partial charge in [-0.2, -0.15) is 0 Å². The second-order valence-electron chi connectivity index (χ2n) is 4.99. The van der Waals surface area contributed by atoms with Crippen molar-refractivity contribution in [2.45, 2.75) is 6.92 Å². The Morgan fingerprint density at radius 3 is 2.57 bits per heavy atom. The molecule has 2 aromatic carbocycles. The largest absolute Gasteiger partial charge is 0.508 e. The molecule has 1 fully saturated rings. The van der Waals surface area contributed by atoms with Gasteiger partial charge in [-0.15, -0.1) is 0 Å². The Kier molecular flexibility index (Phi) is 4.43. The maximum Gasteiger partial charge on any atom is 0.271 e. The van der Waals surface area contributed by atoms with E-state index in [0.717, 1.165) is 11.1 Å². The van der Waals surface area contributed by atoms with Crippen LogP contribution in [-0.2, 0) is 4.79 Å². The SMILES string of the molecule is C/C(=C1\SC(=S)N(c2cccc(O)c2)C1=O)c1ccc(Cl)cc1. The summed E-state index contributed by atoms with van der Waals surface area (Å²) in [5, 5.41) is 10.3. The van der Waals surface area contributed by atoms with Gasteiger partial charge in [-0.05, 0) is 42.3 Å². The van der Waals surface area contributed by atoms with Crippen LogP contribution in [0.1, 0.15) is 12.5 Å². The molecule has 3 rings (SSSR count). The van der Waals surface area contributed by atoms with Crippen LogP contribution in [0.3, 0.4) is 0 Å². The smallest absolute Gasteiger partial charge is 0.271 e. The number of carbonyl (C=O) groups excluding carboxylic acids is 1. The molecule has 23 heavy (non-hydrogen) atoms. The number of amides is 1. The number of benzene rings is 2. The maximum atomic E-state index is 12.8. The van der Waals surface area contributed by atoms with Crippen LogP contribution in [0.15, 0.2) is 53.4 Å². The van der Waals surface area contributed by atoms with Crippen LogP contribution in [0.5, 0.6) is 5.75 Å². The highest BCUT2D eigenvalue weighted by atomic mass is 35.5. The summed E-state index contributed by atoms with van der Waals surface area (Å²) < 4.78 is 0.448. The fraction of sp³-hybridized carbons (Fsp3) is 0.0588. The van der Waals surface area contributed by atoms with Crippen LogP contribution in [0, 0.1) is 0 Å². The topological polar surface area (TPSA) is 40.5 Å². The monoisotopic (exact) mass is 361 g/mol. The van der Waals surface area contributed by atoms with E-state index in [9.17, 15) is 9.90 Å². The minimum atomic E-state index is -0.182. The number of aromatic hydroxyl groups is 1. The van der Waals surface area contributed by atoms with Crippen molar-refractivity contribution in [2.24, 2.45) is 0 Å². The summed E-state index contributed by atoms with van der Waals surface area (Å²) in [7, 11) is 0. The zero-order valence-corrected chi connectivity index (χ0v) is 14.5. The van der Waals surface area contributed by atoms with Crippen LogP contribution in [-0.4, -0.2) is 15.3 Å². The number of anilines is 1. The van der Waals surface area contributed by atoms with E-state index >= 15 is 0 Å².